The monoisotopic (exact) mass is 359 g/mol. The zero-order valence-corrected chi connectivity index (χ0v) is 15.5. The Morgan fingerprint density at radius 1 is 0.846 bits per heavy atom. The Balaban J connectivity index is 3.91. The second-order valence-corrected chi connectivity index (χ2v) is 5.73. The first-order chi connectivity index (χ1) is 12.6. The van der Waals surface area contributed by atoms with Crippen LogP contribution in [0.5, 0.6) is 0 Å². The number of carbonyl (C=O) groups is 1. The summed E-state index contributed by atoms with van der Waals surface area (Å²) in [6.45, 7) is 2.10. The van der Waals surface area contributed by atoms with Crippen LogP contribution in [-0.2, 0) is 4.79 Å². The lowest BCUT2D eigenvalue weighted by atomic mass is 10.2. The predicted octanol–water partition coefficient (Wildman–Crippen LogP) is 3.16. The van der Waals surface area contributed by atoms with Gasteiger partial charge in [0.1, 0.15) is 0 Å². The molecule has 0 saturated carbocycles. The average molecular weight is 359 g/mol. The molecule has 0 aromatic carbocycles. The number of aliphatic hydroxyl groups excluding tert-OH is 2. The van der Waals surface area contributed by atoms with Gasteiger partial charge in [-0.15, -0.1) is 0 Å². The average Bonchev–Trinajstić information content (AvgIpc) is 2.60. The lowest BCUT2D eigenvalue weighted by Gasteiger charge is -2.00. The summed E-state index contributed by atoms with van der Waals surface area (Å²) in [5.74, 6) is -1.07. The summed E-state index contributed by atoms with van der Waals surface area (Å²) >= 11 is 0. The van der Waals surface area contributed by atoms with Gasteiger partial charge in [0.15, 0.2) is 0 Å². The number of rotatable bonds is 14. The first kappa shape index (κ1) is 23.8. The zero-order chi connectivity index (χ0) is 19.5. The Morgan fingerprint density at radius 2 is 1.38 bits per heavy atom. The predicted molar refractivity (Wildman–Crippen MR) is 105 cm³/mol. The third-order valence-electron chi connectivity index (χ3n) is 3.28. The van der Waals surface area contributed by atoms with Crippen LogP contribution >= 0.6 is 0 Å². The molecule has 0 fully saturated rings. The van der Waals surface area contributed by atoms with Crippen molar-refractivity contribution in [1.29, 1.82) is 0 Å². The second kappa shape index (κ2) is 17.6. The van der Waals surface area contributed by atoms with Crippen LogP contribution in [0.1, 0.15) is 45.4 Å². The lowest BCUT2D eigenvalue weighted by molar-refractivity contribution is -0.305. The zero-order valence-electron chi connectivity index (χ0n) is 15.5. The van der Waals surface area contributed by atoms with E-state index in [1.54, 1.807) is 48.6 Å². The molecule has 0 aliphatic rings. The topological polar surface area (TPSA) is 80.6 Å². The standard InChI is InChI=1S/C22H32O4/c1-2-3-4-5-6-10-15-20(23)16-11-7-8-12-17-21(24)18-13-9-14-19-22(25)26/h3-4,6-13,16-17,20-21,23-24H,2,5,14-15,18-19H2,1H3,(H,25,26)/p-1/b4-3-,8-7+,10-6-,13-9-,16-11-,17-12+. The number of hydrogen-bond donors (Lipinski definition) is 2. The second-order valence-electron chi connectivity index (χ2n) is 5.73. The fraction of sp³-hybridized carbons (Fsp3) is 0.409. The Hall–Kier alpha value is -2.17. The van der Waals surface area contributed by atoms with Crippen molar-refractivity contribution in [2.45, 2.75) is 57.7 Å². The Bertz CT molecular complexity index is 524. The molecule has 0 saturated heterocycles. The molecule has 0 bridgehead atoms. The van der Waals surface area contributed by atoms with Crippen molar-refractivity contribution in [1.82, 2.24) is 0 Å². The summed E-state index contributed by atoms with van der Waals surface area (Å²) in [5, 5.41) is 29.7. The summed E-state index contributed by atoms with van der Waals surface area (Å²) in [7, 11) is 0. The van der Waals surface area contributed by atoms with Crippen molar-refractivity contribution in [3.05, 3.63) is 72.9 Å². The van der Waals surface area contributed by atoms with E-state index in [1.807, 2.05) is 12.2 Å². The number of aliphatic hydroxyl groups is 2. The maximum absolute atomic E-state index is 10.2. The van der Waals surface area contributed by atoms with Crippen LogP contribution in [0, 0.1) is 0 Å². The first-order valence-electron chi connectivity index (χ1n) is 9.08. The molecule has 0 aromatic rings. The van der Waals surface area contributed by atoms with E-state index in [0.717, 1.165) is 12.8 Å². The maximum Gasteiger partial charge on any atom is 0.0758 e. The van der Waals surface area contributed by atoms with Gasteiger partial charge in [-0.3, -0.25) is 0 Å². The van der Waals surface area contributed by atoms with E-state index in [2.05, 4.69) is 19.1 Å². The smallest absolute Gasteiger partial charge is 0.0758 e. The molecular formula is C22H31O4-. The molecule has 0 radical (unpaired) electrons. The Kier molecular flexibility index (Phi) is 16.2. The van der Waals surface area contributed by atoms with Crippen LogP contribution in [-0.4, -0.2) is 28.4 Å². The molecule has 2 unspecified atom stereocenters. The molecule has 4 nitrogen and oxygen atoms in total. The molecule has 4 heteroatoms. The summed E-state index contributed by atoms with van der Waals surface area (Å²) in [6.07, 6.45) is 24.4. The summed E-state index contributed by atoms with van der Waals surface area (Å²) < 4.78 is 0. The van der Waals surface area contributed by atoms with Crippen LogP contribution in [0.25, 0.3) is 0 Å². The number of carbonyl (C=O) groups excluding carboxylic acids is 1. The molecule has 0 aliphatic heterocycles. The highest BCUT2D eigenvalue weighted by atomic mass is 16.4. The highest BCUT2D eigenvalue weighted by Crippen LogP contribution is 2.00. The van der Waals surface area contributed by atoms with Crippen molar-refractivity contribution in [3.63, 3.8) is 0 Å². The number of hydrogen-bond acceptors (Lipinski definition) is 4. The minimum absolute atomic E-state index is 0.00491. The van der Waals surface area contributed by atoms with Crippen LogP contribution in [0.3, 0.4) is 0 Å². The number of carboxylic acids is 1. The van der Waals surface area contributed by atoms with Gasteiger partial charge in [-0.25, -0.2) is 0 Å². The fourth-order valence-electron chi connectivity index (χ4n) is 1.90. The molecule has 0 aromatic heterocycles. The molecule has 144 valence electrons. The molecule has 2 atom stereocenters. The van der Waals surface area contributed by atoms with E-state index in [1.165, 1.54) is 0 Å². The largest absolute Gasteiger partial charge is 0.550 e. The maximum atomic E-state index is 10.2. The van der Waals surface area contributed by atoms with Gasteiger partial charge in [-0.05, 0) is 38.5 Å². The highest BCUT2D eigenvalue weighted by molar-refractivity contribution is 5.64. The van der Waals surface area contributed by atoms with Gasteiger partial charge < -0.3 is 20.1 Å². The fourth-order valence-corrected chi connectivity index (χ4v) is 1.90. The number of aliphatic carboxylic acids is 1. The van der Waals surface area contributed by atoms with Gasteiger partial charge in [0.05, 0.1) is 12.2 Å². The Morgan fingerprint density at radius 3 is 1.92 bits per heavy atom. The van der Waals surface area contributed by atoms with Crippen LogP contribution in [0.15, 0.2) is 72.9 Å². The molecule has 0 heterocycles. The van der Waals surface area contributed by atoms with Crippen molar-refractivity contribution >= 4 is 5.97 Å². The molecule has 26 heavy (non-hydrogen) atoms. The van der Waals surface area contributed by atoms with Crippen molar-refractivity contribution in [2.75, 3.05) is 0 Å². The van der Waals surface area contributed by atoms with Crippen LogP contribution < -0.4 is 5.11 Å². The van der Waals surface area contributed by atoms with Gasteiger partial charge in [0.2, 0.25) is 0 Å². The Labute approximate surface area is 157 Å². The summed E-state index contributed by atoms with van der Waals surface area (Å²) in [4.78, 5) is 10.2. The van der Waals surface area contributed by atoms with Crippen molar-refractivity contribution < 1.29 is 20.1 Å². The summed E-state index contributed by atoms with van der Waals surface area (Å²) in [5.41, 5.74) is 0. The molecule has 0 amide bonds. The lowest BCUT2D eigenvalue weighted by Crippen LogP contribution is -2.21. The minimum Gasteiger partial charge on any atom is -0.550 e. The van der Waals surface area contributed by atoms with E-state index >= 15 is 0 Å². The van der Waals surface area contributed by atoms with E-state index in [0.29, 0.717) is 19.3 Å². The SMILES string of the molecule is CC/C=C\C/C=C\CC(O)\C=C/C=C/C=C/C(O)C/C=C\CCC(=O)[O-]. The molecule has 0 rings (SSSR count). The third kappa shape index (κ3) is 18.2. The normalized spacial score (nSPS) is 15.5. The van der Waals surface area contributed by atoms with E-state index in [-0.39, 0.29) is 6.42 Å². The first-order valence-corrected chi connectivity index (χ1v) is 9.08. The van der Waals surface area contributed by atoms with Gasteiger partial charge in [-0.1, -0.05) is 79.8 Å². The minimum atomic E-state index is -1.07. The number of carboxylic acid groups (broad SMARTS) is 1. The van der Waals surface area contributed by atoms with Gasteiger partial charge in [0.25, 0.3) is 0 Å². The van der Waals surface area contributed by atoms with Crippen LogP contribution in [0.4, 0.5) is 0 Å². The van der Waals surface area contributed by atoms with Gasteiger partial charge in [-0.2, -0.15) is 0 Å². The molecule has 2 N–H and O–H groups in total. The molecular weight excluding hydrogens is 328 g/mol. The summed E-state index contributed by atoms with van der Waals surface area (Å²) in [6, 6.07) is 0. The quantitative estimate of drug-likeness (QED) is 0.369. The van der Waals surface area contributed by atoms with Crippen molar-refractivity contribution in [3.8, 4) is 0 Å². The van der Waals surface area contributed by atoms with Crippen molar-refractivity contribution in [2.24, 2.45) is 0 Å². The van der Waals surface area contributed by atoms with Crippen LogP contribution in [0.2, 0.25) is 0 Å². The molecule has 0 aliphatic carbocycles. The third-order valence-corrected chi connectivity index (χ3v) is 3.28. The van der Waals surface area contributed by atoms with Gasteiger partial charge >= 0.3 is 0 Å². The van der Waals surface area contributed by atoms with E-state index in [9.17, 15) is 20.1 Å². The highest BCUT2D eigenvalue weighted by Gasteiger charge is 1.94. The van der Waals surface area contributed by atoms with E-state index < -0.39 is 18.2 Å². The van der Waals surface area contributed by atoms with E-state index in [4.69, 9.17) is 0 Å². The number of allylic oxidation sites excluding steroid dienone is 8. The van der Waals surface area contributed by atoms with Gasteiger partial charge in [0, 0.05) is 5.97 Å². The molecule has 0 spiro atoms.